The predicted octanol–water partition coefficient (Wildman–Crippen LogP) is 12.6. The van der Waals surface area contributed by atoms with Crippen molar-refractivity contribution >= 4 is 19.7 Å². The molecule has 1 N–H and O–H groups in total. The molecule has 0 heterocycles. The Morgan fingerprint density at radius 2 is 0.859 bits per heavy atom. The van der Waals surface area contributed by atoms with Gasteiger partial charge in [0.1, 0.15) is 4.75 Å². The number of sulfone groups is 2. The van der Waals surface area contributed by atoms with Gasteiger partial charge >= 0.3 is 0 Å². The highest BCUT2D eigenvalue weighted by Gasteiger charge is 2.74. The quantitative estimate of drug-likeness (QED) is 0.143. The SMILES string of the molecule is O=S(=O)(Cc1ccccc1)c1ccccc1.O=S(=O)(c1ccccc1)[C@]1(c2ccccc2)C(c2ccccc2)[C@@H]1CC12CC3CC(CC(C3)C1)C2.OCCC12CC3CC(CC(C3)C1)C2. The average molecular weight is 895 g/mol. The zero-order valence-electron chi connectivity index (χ0n) is 37.3. The van der Waals surface area contributed by atoms with Gasteiger partial charge in [0.25, 0.3) is 0 Å². The lowest BCUT2D eigenvalue weighted by Gasteiger charge is -2.57. The molecule has 9 saturated carbocycles. The van der Waals surface area contributed by atoms with Gasteiger partial charge in [-0.1, -0.05) is 127 Å². The minimum atomic E-state index is -3.61. The normalized spacial score (nSPS) is 34.0. The van der Waals surface area contributed by atoms with E-state index in [-0.39, 0.29) is 17.6 Å². The van der Waals surface area contributed by atoms with Crippen LogP contribution in [-0.2, 0) is 30.2 Å². The molecule has 5 aromatic rings. The zero-order valence-corrected chi connectivity index (χ0v) is 38.9. The number of aliphatic hydroxyl groups is 1. The van der Waals surface area contributed by atoms with Crippen LogP contribution >= 0.6 is 0 Å². The Bertz CT molecular complexity index is 2490. The lowest BCUT2D eigenvalue weighted by molar-refractivity contribution is -0.0636. The molecule has 8 bridgehead atoms. The molecular weight excluding hydrogens is 829 g/mol. The van der Waals surface area contributed by atoms with Crippen LogP contribution in [0, 0.1) is 52.3 Å². The first-order valence-electron chi connectivity index (χ1n) is 24.3. The van der Waals surface area contributed by atoms with E-state index in [9.17, 15) is 16.8 Å². The average Bonchev–Trinajstić information content (AvgIpc) is 3.96. The minimum absolute atomic E-state index is 0.00990. The van der Waals surface area contributed by atoms with Crippen LogP contribution in [0.15, 0.2) is 161 Å². The molecule has 14 rings (SSSR count). The van der Waals surface area contributed by atoms with Gasteiger partial charge in [-0.25, -0.2) is 16.8 Å². The summed E-state index contributed by atoms with van der Waals surface area (Å²) in [5, 5.41) is 9.13. The Hall–Kier alpha value is -4.04. The van der Waals surface area contributed by atoms with Crippen LogP contribution in [0.25, 0.3) is 0 Å². The van der Waals surface area contributed by atoms with Crippen molar-refractivity contribution in [1.82, 2.24) is 0 Å². The molecule has 0 aliphatic heterocycles. The van der Waals surface area contributed by atoms with Gasteiger partial charge in [0.15, 0.2) is 19.7 Å². The smallest absolute Gasteiger partial charge is 0.189 e. The molecule has 5 nitrogen and oxygen atoms in total. The largest absolute Gasteiger partial charge is 0.396 e. The molecule has 336 valence electrons. The van der Waals surface area contributed by atoms with E-state index in [0.29, 0.717) is 27.2 Å². The molecule has 0 spiro atoms. The van der Waals surface area contributed by atoms with Crippen LogP contribution in [0.3, 0.4) is 0 Å². The van der Waals surface area contributed by atoms with Gasteiger partial charge in [0, 0.05) is 12.5 Å². The third-order valence-corrected chi connectivity index (χ3v) is 21.4. The number of hydrogen-bond acceptors (Lipinski definition) is 5. The summed E-state index contributed by atoms with van der Waals surface area (Å²) >= 11 is 0. The highest BCUT2D eigenvalue weighted by atomic mass is 32.2. The highest BCUT2D eigenvalue weighted by molar-refractivity contribution is 7.92. The molecule has 9 fully saturated rings. The maximum absolute atomic E-state index is 14.7. The Kier molecular flexibility index (Phi) is 12.1. The maximum atomic E-state index is 14.7. The number of rotatable bonds is 11. The highest BCUT2D eigenvalue weighted by Crippen LogP contribution is 2.75. The first-order valence-corrected chi connectivity index (χ1v) is 27.5. The van der Waals surface area contributed by atoms with Gasteiger partial charge in [-0.05, 0) is 183 Å². The van der Waals surface area contributed by atoms with Gasteiger partial charge in [-0.2, -0.15) is 0 Å². The van der Waals surface area contributed by atoms with E-state index < -0.39 is 24.4 Å². The van der Waals surface area contributed by atoms with Crippen molar-refractivity contribution in [1.29, 1.82) is 0 Å². The maximum Gasteiger partial charge on any atom is 0.189 e. The monoisotopic (exact) mass is 894 g/mol. The first kappa shape index (κ1) is 43.8. The van der Waals surface area contributed by atoms with E-state index in [1.54, 1.807) is 36.4 Å². The fraction of sp³-hybridized carbons (Fsp3) is 0.474. The fourth-order valence-corrected chi connectivity index (χ4v) is 19.5. The molecule has 0 amide bonds. The second kappa shape index (κ2) is 17.6. The summed E-state index contributed by atoms with van der Waals surface area (Å²) in [4.78, 5) is 0.830. The van der Waals surface area contributed by atoms with E-state index in [4.69, 9.17) is 5.11 Å². The number of hydrogen-bond donors (Lipinski definition) is 1. The second-order valence-electron chi connectivity index (χ2n) is 21.5. The van der Waals surface area contributed by atoms with Crippen molar-refractivity contribution in [2.75, 3.05) is 6.61 Å². The molecule has 9 aliphatic rings. The predicted molar refractivity (Wildman–Crippen MR) is 256 cm³/mol. The van der Waals surface area contributed by atoms with E-state index in [1.807, 2.05) is 78.9 Å². The number of aliphatic hydroxyl groups excluding tert-OH is 1. The topological polar surface area (TPSA) is 88.5 Å². The zero-order chi connectivity index (χ0) is 44.0. The van der Waals surface area contributed by atoms with Crippen LogP contribution < -0.4 is 0 Å². The Balaban J connectivity index is 0.000000137. The Morgan fingerprint density at radius 1 is 0.469 bits per heavy atom. The van der Waals surface area contributed by atoms with Crippen LogP contribution in [0.4, 0.5) is 0 Å². The van der Waals surface area contributed by atoms with Gasteiger partial charge in [-0.15, -0.1) is 0 Å². The molecule has 9 aliphatic carbocycles. The van der Waals surface area contributed by atoms with Gasteiger partial charge in [0.2, 0.25) is 0 Å². The second-order valence-corrected chi connectivity index (χ2v) is 25.7. The molecule has 7 heteroatoms. The molecule has 0 saturated heterocycles. The van der Waals surface area contributed by atoms with Crippen LogP contribution in [0.1, 0.15) is 112 Å². The first-order chi connectivity index (χ1) is 31.0. The Morgan fingerprint density at radius 3 is 1.31 bits per heavy atom. The van der Waals surface area contributed by atoms with Crippen molar-refractivity contribution in [2.45, 2.75) is 116 Å². The van der Waals surface area contributed by atoms with E-state index in [2.05, 4.69) is 36.4 Å². The summed E-state index contributed by atoms with van der Waals surface area (Å²) in [6.45, 7) is 0.423. The summed E-state index contributed by atoms with van der Waals surface area (Å²) in [5.74, 6) is 5.87. The molecule has 0 aromatic heterocycles. The third-order valence-electron chi connectivity index (χ3n) is 17.1. The van der Waals surface area contributed by atoms with Crippen LogP contribution in [0.2, 0.25) is 0 Å². The van der Waals surface area contributed by atoms with Crippen LogP contribution in [0.5, 0.6) is 0 Å². The van der Waals surface area contributed by atoms with Crippen molar-refractivity contribution in [3.8, 4) is 0 Å². The molecule has 3 atom stereocenters. The van der Waals surface area contributed by atoms with E-state index >= 15 is 0 Å². The van der Waals surface area contributed by atoms with Gasteiger partial charge in [0.05, 0.1) is 15.5 Å². The standard InChI is InChI=1S/C32H34O2S.C13H12O2S.C12H20O/c33-35(34,28-14-8-3-9-15-28)32(27-12-6-2-7-13-27)29(30(32)26-10-4-1-5-11-26)22-31-19-23-16-24(20-31)18-25(17-23)21-31;14-16(15,13-9-5-2-6-10-13)11-12-7-3-1-4-8-12;13-2-1-12-6-9-3-10(7-12)5-11(4-9)8-12/h1-15,23-25,29-30H,16-22H2;1-10H,11H2;9-11,13H,1-8H2/t23?,24?,25?,29-,30?,31?,32-;;/m0../s1. The lowest BCUT2D eigenvalue weighted by Crippen LogP contribution is -2.46. The van der Waals surface area contributed by atoms with E-state index in [1.165, 1.54) is 82.6 Å². The summed E-state index contributed by atoms with van der Waals surface area (Å²) in [6, 6.07) is 47.6. The lowest BCUT2D eigenvalue weighted by atomic mass is 9.48. The van der Waals surface area contributed by atoms with Crippen molar-refractivity contribution in [3.63, 3.8) is 0 Å². The molecule has 64 heavy (non-hydrogen) atoms. The minimum Gasteiger partial charge on any atom is -0.396 e. The fourth-order valence-electron chi connectivity index (χ4n) is 15.6. The van der Waals surface area contributed by atoms with Gasteiger partial charge < -0.3 is 5.11 Å². The molecule has 1 unspecified atom stereocenters. The summed E-state index contributed by atoms with van der Waals surface area (Å²) < 4.78 is 52.5. The Labute approximate surface area is 383 Å². The third kappa shape index (κ3) is 8.47. The summed E-state index contributed by atoms with van der Waals surface area (Å²) in [5.41, 5.74) is 3.88. The van der Waals surface area contributed by atoms with E-state index in [0.717, 1.165) is 59.5 Å². The molecule has 0 radical (unpaired) electrons. The summed E-state index contributed by atoms with van der Waals surface area (Å²) in [6.07, 6.45) is 19.2. The molecule has 5 aromatic carbocycles. The number of benzene rings is 5. The van der Waals surface area contributed by atoms with Crippen molar-refractivity contribution < 1.29 is 21.9 Å². The molecular formula is C57H66O5S2. The van der Waals surface area contributed by atoms with Crippen molar-refractivity contribution in [2.24, 2.45) is 52.3 Å². The van der Waals surface area contributed by atoms with Crippen LogP contribution in [-0.4, -0.2) is 28.5 Å². The summed E-state index contributed by atoms with van der Waals surface area (Å²) in [7, 11) is -6.82. The van der Waals surface area contributed by atoms with Gasteiger partial charge in [-0.3, -0.25) is 0 Å². The van der Waals surface area contributed by atoms with Crippen molar-refractivity contribution in [3.05, 3.63) is 168 Å².